The maximum absolute atomic E-state index is 5.33. The Labute approximate surface area is 151 Å². The first kappa shape index (κ1) is 17.0. The molecule has 126 valence electrons. The minimum absolute atomic E-state index is 0.877. The maximum Gasteiger partial charge on any atom is 0.140 e. The second kappa shape index (κ2) is 6.98. The van der Waals surface area contributed by atoms with Crippen LogP contribution in [0.5, 0.6) is 5.75 Å². The van der Waals surface area contributed by atoms with E-state index in [-0.39, 0.29) is 0 Å². The molecule has 0 saturated carbocycles. The van der Waals surface area contributed by atoms with Gasteiger partial charge in [-0.1, -0.05) is 19.4 Å². The molecular weight excluding hydrogens is 364 g/mol. The van der Waals surface area contributed by atoms with Crippen LogP contribution in [0.4, 0.5) is 0 Å². The highest BCUT2D eigenvalue weighted by atomic mass is 79.9. The zero-order valence-corrected chi connectivity index (χ0v) is 16.3. The van der Waals surface area contributed by atoms with Crippen molar-refractivity contribution in [3.05, 3.63) is 63.0 Å². The van der Waals surface area contributed by atoms with Crippen molar-refractivity contribution in [2.24, 2.45) is 0 Å². The van der Waals surface area contributed by atoms with E-state index in [9.17, 15) is 0 Å². The number of rotatable bonds is 5. The van der Waals surface area contributed by atoms with Crippen molar-refractivity contribution in [1.82, 2.24) is 9.38 Å². The van der Waals surface area contributed by atoms with E-state index in [1.807, 2.05) is 6.07 Å². The van der Waals surface area contributed by atoms with Crippen LogP contribution in [0, 0.1) is 13.8 Å². The fraction of sp³-hybridized carbons (Fsp3) is 0.350. The lowest BCUT2D eigenvalue weighted by molar-refractivity contribution is 0.414. The van der Waals surface area contributed by atoms with Gasteiger partial charge in [-0.15, -0.1) is 0 Å². The smallest absolute Gasteiger partial charge is 0.140 e. The van der Waals surface area contributed by atoms with Crippen molar-refractivity contribution in [1.29, 1.82) is 0 Å². The summed E-state index contributed by atoms with van der Waals surface area (Å²) in [6.07, 6.45) is 5.10. The number of hydrogen-bond donors (Lipinski definition) is 0. The first-order chi connectivity index (χ1) is 11.5. The Morgan fingerprint density at radius 1 is 1.17 bits per heavy atom. The summed E-state index contributed by atoms with van der Waals surface area (Å²) in [4.78, 5) is 4.92. The molecule has 24 heavy (non-hydrogen) atoms. The third-order valence-electron chi connectivity index (χ3n) is 4.45. The molecule has 0 amide bonds. The van der Waals surface area contributed by atoms with Crippen molar-refractivity contribution < 1.29 is 4.74 Å². The van der Waals surface area contributed by atoms with Crippen LogP contribution < -0.4 is 4.74 Å². The third-order valence-corrected chi connectivity index (χ3v) is 4.88. The number of benzene rings is 1. The Morgan fingerprint density at radius 3 is 2.62 bits per heavy atom. The number of aryl methyl sites for hydroxylation is 3. The molecule has 0 atom stereocenters. The van der Waals surface area contributed by atoms with Gasteiger partial charge >= 0.3 is 0 Å². The highest BCUT2D eigenvalue weighted by Crippen LogP contribution is 2.26. The Hall–Kier alpha value is -1.81. The van der Waals surface area contributed by atoms with Gasteiger partial charge < -0.3 is 9.14 Å². The van der Waals surface area contributed by atoms with Crippen molar-refractivity contribution in [2.45, 2.75) is 40.0 Å². The number of pyridine rings is 1. The van der Waals surface area contributed by atoms with E-state index in [0.29, 0.717) is 0 Å². The van der Waals surface area contributed by atoms with E-state index in [1.165, 1.54) is 28.1 Å². The average Bonchev–Trinajstić information content (AvgIpc) is 2.88. The van der Waals surface area contributed by atoms with Gasteiger partial charge in [0.25, 0.3) is 0 Å². The highest BCUT2D eigenvalue weighted by molar-refractivity contribution is 9.10. The number of imidazole rings is 1. The van der Waals surface area contributed by atoms with Crippen LogP contribution in [-0.4, -0.2) is 16.5 Å². The average molecular weight is 387 g/mol. The molecule has 0 fully saturated rings. The lowest BCUT2D eigenvalue weighted by Gasteiger charge is -2.10. The first-order valence-electron chi connectivity index (χ1n) is 8.33. The van der Waals surface area contributed by atoms with E-state index in [0.717, 1.165) is 35.1 Å². The fourth-order valence-corrected chi connectivity index (χ4v) is 3.71. The van der Waals surface area contributed by atoms with Gasteiger partial charge in [0, 0.05) is 17.1 Å². The summed E-state index contributed by atoms with van der Waals surface area (Å²) in [5.41, 5.74) is 7.30. The van der Waals surface area contributed by atoms with Crippen molar-refractivity contribution in [2.75, 3.05) is 7.11 Å². The second-order valence-electron chi connectivity index (χ2n) is 6.26. The van der Waals surface area contributed by atoms with Gasteiger partial charge in [-0.05, 0) is 71.1 Å². The molecule has 0 aliphatic carbocycles. The Balaban J connectivity index is 2.12. The van der Waals surface area contributed by atoms with Gasteiger partial charge in [-0.25, -0.2) is 4.98 Å². The number of methoxy groups -OCH3 is 1. The summed E-state index contributed by atoms with van der Waals surface area (Å²) >= 11 is 3.62. The zero-order chi connectivity index (χ0) is 17.3. The van der Waals surface area contributed by atoms with Crippen LogP contribution >= 0.6 is 15.9 Å². The number of fused-ring (bicyclic) bond motifs is 1. The van der Waals surface area contributed by atoms with Crippen LogP contribution in [0.2, 0.25) is 0 Å². The third kappa shape index (κ3) is 3.20. The minimum atomic E-state index is 0.877. The van der Waals surface area contributed by atoms with Crippen molar-refractivity contribution >= 4 is 21.6 Å². The summed E-state index contributed by atoms with van der Waals surface area (Å²) in [5.74, 6) is 0.904. The largest absolute Gasteiger partial charge is 0.497 e. The molecule has 0 bridgehead atoms. The summed E-state index contributed by atoms with van der Waals surface area (Å²) in [7, 11) is 1.71. The molecule has 2 aromatic heterocycles. The van der Waals surface area contributed by atoms with Crippen LogP contribution in [0.3, 0.4) is 0 Å². The molecule has 3 rings (SSSR count). The predicted molar refractivity (Wildman–Crippen MR) is 102 cm³/mol. The van der Waals surface area contributed by atoms with Crippen LogP contribution in [-0.2, 0) is 12.8 Å². The van der Waals surface area contributed by atoms with Crippen LogP contribution in [0.1, 0.15) is 41.4 Å². The monoisotopic (exact) mass is 386 g/mol. The Bertz CT molecular complexity index is 883. The van der Waals surface area contributed by atoms with Gasteiger partial charge in [-0.2, -0.15) is 0 Å². The topological polar surface area (TPSA) is 26.5 Å². The summed E-state index contributed by atoms with van der Waals surface area (Å²) in [6.45, 7) is 6.46. The number of halogens is 1. The fourth-order valence-electron chi connectivity index (χ4n) is 3.16. The molecule has 0 N–H and O–H groups in total. The molecule has 3 nitrogen and oxygen atoms in total. The molecular formula is C20H23BrN2O. The van der Waals surface area contributed by atoms with Gasteiger partial charge in [0.1, 0.15) is 11.4 Å². The lowest BCUT2D eigenvalue weighted by atomic mass is 10.0. The number of nitrogens with zero attached hydrogens (tertiary/aromatic N) is 2. The second-order valence-corrected chi connectivity index (χ2v) is 7.18. The molecule has 4 heteroatoms. The zero-order valence-electron chi connectivity index (χ0n) is 14.7. The Morgan fingerprint density at radius 2 is 1.96 bits per heavy atom. The number of ether oxygens (including phenoxy) is 1. The molecule has 0 aliphatic heterocycles. The molecule has 3 aromatic rings. The normalized spacial score (nSPS) is 11.2. The molecule has 0 spiro atoms. The molecule has 0 saturated heterocycles. The summed E-state index contributed by atoms with van der Waals surface area (Å²) in [6, 6.07) is 8.42. The summed E-state index contributed by atoms with van der Waals surface area (Å²) in [5, 5.41) is 0. The SMILES string of the molecule is CCCc1nc2c(C)cc(Br)cn2c1Cc1ccc(OC)cc1C. The lowest BCUT2D eigenvalue weighted by Crippen LogP contribution is -2.01. The maximum atomic E-state index is 5.33. The van der Waals surface area contributed by atoms with E-state index in [4.69, 9.17) is 9.72 Å². The van der Waals surface area contributed by atoms with Gasteiger partial charge in [-0.3, -0.25) is 0 Å². The van der Waals surface area contributed by atoms with Crippen LogP contribution in [0.25, 0.3) is 5.65 Å². The minimum Gasteiger partial charge on any atom is -0.497 e. The van der Waals surface area contributed by atoms with Gasteiger partial charge in [0.2, 0.25) is 0 Å². The first-order valence-corrected chi connectivity index (χ1v) is 9.12. The number of aromatic nitrogens is 2. The van der Waals surface area contributed by atoms with Crippen LogP contribution in [0.15, 0.2) is 34.9 Å². The predicted octanol–water partition coefficient (Wildman–Crippen LogP) is 5.27. The van der Waals surface area contributed by atoms with Gasteiger partial charge in [0.05, 0.1) is 18.5 Å². The summed E-state index contributed by atoms with van der Waals surface area (Å²) < 4.78 is 8.65. The van der Waals surface area contributed by atoms with E-state index < -0.39 is 0 Å². The van der Waals surface area contributed by atoms with Crippen molar-refractivity contribution in [3.8, 4) is 5.75 Å². The molecule has 2 heterocycles. The van der Waals surface area contributed by atoms with Crippen molar-refractivity contribution in [3.63, 3.8) is 0 Å². The molecule has 0 radical (unpaired) electrons. The highest BCUT2D eigenvalue weighted by Gasteiger charge is 2.15. The van der Waals surface area contributed by atoms with E-state index >= 15 is 0 Å². The Kier molecular flexibility index (Phi) is 4.95. The number of hydrogen-bond acceptors (Lipinski definition) is 2. The van der Waals surface area contributed by atoms with E-state index in [1.54, 1.807) is 7.11 Å². The standard InChI is InChI=1S/C20H23BrN2O/c1-5-6-18-19(11-15-7-8-17(24-4)10-13(15)2)23-12-16(21)9-14(3)20(23)22-18/h7-10,12H,5-6,11H2,1-4H3. The molecule has 0 unspecified atom stereocenters. The van der Waals surface area contributed by atoms with E-state index in [2.05, 4.69) is 65.5 Å². The molecule has 0 aliphatic rings. The molecule has 1 aromatic carbocycles. The quantitative estimate of drug-likeness (QED) is 0.597. The van der Waals surface area contributed by atoms with Gasteiger partial charge in [0.15, 0.2) is 0 Å².